The Morgan fingerprint density at radius 3 is 1.06 bits per heavy atom. The van der Waals surface area contributed by atoms with Crippen molar-refractivity contribution in [1.82, 2.24) is 0 Å². The Bertz CT molecular complexity index is 826. The van der Waals surface area contributed by atoms with E-state index in [4.69, 9.17) is 14.2 Å². The number of hydrogen-bond donors (Lipinski definition) is 0. The highest BCUT2D eigenvalue weighted by atomic mass is 16.6. The standard InChI is InChI=1S/C48H92O6/c1-6-8-9-10-11-12-15-19-22-28-33-38-46(49)52-41-45(54-48(51)40-35-30-25-24-27-32-37-44(5)7-2)42-53-47(50)39-34-29-23-20-17-14-13-16-18-21-26-31-36-43(3)4/h43-45H,6-42H2,1-5H3/t44?,45-/m0/s1. The van der Waals surface area contributed by atoms with Crippen LogP contribution >= 0.6 is 0 Å². The number of hydrogen-bond acceptors (Lipinski definition) is 6. The Labute approximate surface area is 336 Å². The number of carbonyl (C=O) groups is 3. The third-order valence-corrected chi connectivity index (χ3v) is 11.1. The van der Waals surface area contributed by atoms with E-state index >= 15 is 0 Å². The molecule has 0 aliphatic carbocycles. The first-order chi connectivity index (χ1) is 26.3. The summed E-state index contributed by atoms with van der Waals surface area (Å²) < 4.78 is 16.7. The fraction of sp³-hybridized carbons (Fsp3) is 0.938. The van der Waals surface area contributed by atoms with Gasteiger partial charge in [0.25, 0.3) is 0 Å². The van der Waals surface area contributed by atoms with E-state index in [2.05, 4.69) is 34.6 Å². The molecule has 0 radical (unpaired) electrons. The first kappa shape index (κ1) is 52.4. The first-order valence-corrected chi connectivity index (χ1v) is 23.8. The Hall–Kier alpha value is -1.59. The average Bonchev–Trinajstić information content (AvgIpc) is 3.15. The third kappa shape index (κ3) is 40.1. The zero-order valence-corrected chi connectivity index (χ0v) is 36.8. The van der Waals surface area contributed by atoms with E-state index in [1.807, 2.05) is 0 Å². The molecule has 0 N–H and O–H groups in total. The van der Waals surface area contributed by atoms with E-state index in [1.54, 1.807) is 0 Å². The van der Waals surface area contributed by atoms with Gasteiger partial charge in [0.2, 0.25) is 0 Å². The summed E-state index contributed by atoms with van der Waals surface area (Å²) in [5.74, 6) is 0.786. The van der Waals surface area contributed by atoms with Gasteiger partial charge in [-0.15, -0.1) is 0 Å². The topological polar surface area (TPSA) is 78.9 Å². The Balaban J connectivity index is 4.30. The summed E-state index contributed by atoms with van der Waals surface area (Å²) in [5.41, 5.74) is 0. The van der Waals surface area contributed by atoms with E-state index in [9.17, 15) is 14.4 Å². The van der Waals surface area contributed by atoms with Crippen molar-refractivity contribution in [3.63, 3.8) is 0 Å². The molecule has 0 aromatic carbocycles. The SMILES string of the molecule is CCCCCCCCCCCCCC(=O)OC[C@@H](COC(=O)CCCCCCCCCCCCCCC(C)C)OC(=O)CCCCCCCCC(C)CC. The Morgan fingerprint density at radius 2 is 0.704 bits per heavy atom. The van der Waals surface area contributed by atoms with Crippen LogP contribution in [-0.2, 0) is 28.6 Å². The third-order valence-electron chi connectivity index (χ3n) is 11.1. The Morgan fingerprint density at radius 1 is 0.389 bits per heavy atom. The molecule has 6 nitrogen and oxygen atoms in total. The molecule has 0 rings (SSSR count). The maximum absolute atomic E-state index is 12.7. The fourth-order valence-electron chi connectivity index (χ4n) is 7.07. The molecule has 0 bridgehead atoms. The summed E-state index contributed by atoms with van der Waals surface area (Å²) >= 11 is 0. The van der Waals surface area contributed by atoms with Crippen LogP contribution < -0.4 is 0 Å². The van der Waals surface area contributed by atoms with Crippen LogP contribution in [0.25, 0.3) is 0 Å². The summed E-state index contributed by atoms with van der Waals surface area (Å²) in [6.45, 7) is 11.3. The van der Waals surface area contributed by atoms with E-state index in [-0.39, 0.29) is 31.1 Å². The summed E-state index contributed by atoms with van der Waals surface area (Å²) in [5, 5.41) is 0. The lowest BCUT2D eigenvalue weighted by molar-refractivity contribution is -0.167. The smallest absolute Gasteiger partial charge is 0.306 e. The summed E-state index contributed by atoms with van der Waals surface area (Å²) in [7, 11) is 0. The van der Waals surface area contributed by atoms with Gasteiger partial charge in [0.1, 0.15) is 13.2 Å². The highest BCUT2D eigenvalue weighted by Crippen LogP contribution is 2.17. The second-order valence-electron chi connectivity index (χ2n) is 17.1. The van der Waals surface area contributed by atoms with Gasteiger partial charge in [0, 0.05) is 19.3 Å². The molecular weight excluding hydrogens is 673 g/mol. The highest BCUT2D eigenvalue weighted by molar-refractivity contribution is 5.71. The van der Waals surface area contributed by atoms with Crippen molar-refractivity contribution in [3.8, 4) is 0 Å². The van der Waals surface area contributed by atoms with Gasteiger partial charge in [0.05, 0.1) is 0 Å². The molecule has 0 aromatic heterocycles. The molecule has 0 saturated heterocycles. The molecule has 6 heteroatoms. The van der Waals surface area contributed by atoms with E-state index in [1.165, 1.54) is 148 Å². The molecule has 2 atom stereocenters. The van der Waals surface area contributed by atoms with Crippen molar-refractivity contribution in [2.75, 3.05) is 13.2 Å². The molecule has 320 valence electrons. The number of unbranched alkanes of at least 4 members (excludes halogenated alkanes) is 26. The maximum atomic E-state index is 12.7. The lowest BCUT2D eigenvalue weighted by atomic mass is 10.00. The van der Waals surface area contributed by atoms with Crippen LogP contribution in [-0.4, -0.2) is 37.2 Å². The van der Waals surface area contributed by atoms with Gasteiger partial charge in [0.15, 0.2) is 6.10 Å². The maximum Gasteiger partial charge on any atom is 0.306 e. The van der Waals surface area contributed by atoms with Crippen LogP contribution in [0.15, 0.2) is 0 Å². The van der Waals surface area contributed by atoms with Gasteiger partial charge in [-0.25, -0.2) is 0 Å². The van der Waals surface area contributed by atoms with Crippen LogP contribution in [0.5, 0.6) is 0 Å². The van der Waals surface area contributed by atoms with E-state index in [0.29, 0.717) is 19.3 Å². The van der Waals surface area contributed by atoms with Crippen LogP contribution in [0.1, 0.15) is 259 Å². The van der Waals surface area contributed by atoms with Gasteiger partial charge in [-0.3, -0.25) is 14.4 Å². The molecule has 0 aliphatic heterocycles. The van der Waals surface area contributed by atoms with Crippen molar-refractivity contribution in [3.05, 3.63) is 0 Å². The van der Waals surface area contributed by atoms with Gasteiger partial charge >= 0.3 is 17.9 Å². The van der Waals surface area contributed by atoms with Crippen molar-refractivity contribution in [1.29, 1.82) is 0 Å². The van der Waals surface area contributed by atoms with Crippen molar-refractivity contribution >= 4 is 17.9 Å². The number of carbonyl (C=O) groups excluding carboxylic acids is 3. The summed E-state index contributed by atoms with van der Waals surface area (Å²) in [4.78, 5) is 37.7. The lowest BCUT2D eigenvalue weighted by Crippen LogP contribution is -2.30. The van der Waals surface area contributed by atoms with Gasteiger partial charge < -0.3 is 14.2 Å². The molecular formula is C48H92O6. The van der Waals surface area contributed by atoms with Gasteiger partial charge in [-0.2, -0.15) is 0 Å². The second-order valence-corrected chi connectivity index (χ2v) is 17.1. The minimum Gasteiger partial charge on any atom is -0.462 e. The van der Waals surface area contributed by atoms with Crippen LogP contribution in [0.3, 0.4) is 0 Å². The van der Waals surface area contributed by atoms with Crippen molar-refractivity contribution in [2.45, 2.75) is 265 Å². The zero-order chi connectivity index (χ0) is 39.7. The molecule has 0 aliphatic rings. The highest BCUT2D eigenvalue weighted by Gasteiger charge is 2.19. The summed E-state index contributed by atoms with van der Waals surface area (Å²) in [6.07, 6.45) is 39.4. The summed E-state index contributed by atoms with van der Waals surface area (Å²) in [6, 6.07) is 0. The molecule has 54 heavy (non-hydrogen) atoms. The molecule has 1 unspecified atom stereocenters. The molecule has 0 aromatic rings. The average molecular weight is 765 g/mol. The van der Waals surface area contributed by atoms with Crippen molar-refractivity contribution in [2.24, 2.45) is 11.8 Å². The quantitative estimate of drug-likeness (QED) is 0.0350. The zero-order valence-electron chi connectivity index (χ0n) is 36.8. The van der Waals surface area contributed by atoms with Crippen LogP contribution in [0, 0.1) is 11.8 Å². The minimum atomic E-state index is -0.761. The van der Waals surface area contributed by atoms with E-state index in [0.717, 1.165) is 69.6 Å². The van der Waals surface area contributed by atoms with Gasteiger partial charge in [-0.1, -0.05) is 221 Å². The van der Waals surface area contributed by atoms with Crippen LogP contribution in [0.2, 0.25) is 0 Å². The molecule has 0 saturated carbocycles. The first-order valence-electron chi connectivity index (χ1n) is 23.8. The fourth-order valence-corrected chi connectivity index (χ4v) is 7.07. The number of rotatable bonds is 42. The predicted octanol–water partition coefficient (Wildman–Crippen LogP) is 15.0. The Kier molecular flexibility index (Phi) is 39.8. The lowest BCUT2D eigenvalue weighted by Gasteiger charge is -2.18. The number of esters is 3. The largest absolute Gasteiger partial charge is 0.462 e. The second kappa shape index (κ2) is 41.1. The monoisotopic (exact) mass is 765 g/mol. The predicted molar refractivity (Wildman–Crippen MR) is 229 cm³/mol. The normalized spacial score (nSPS) is 12.6. The molecule has 0 heterocycles. The van der Waals surface area contributed by atoms with Crippen LogP contribution in [0.4, 0.5) is 0 Å². The minimum absolute atomic E-state index is 0.0653. The van der Waals surface area contributed by atoms with E-state index < -0.39 is 6.10 Å². The number of ether oxygens (including phenoxy) is 3. The van der Waals surface area contributed by atoms with Crippen molar-refractivity contribution < 1.29 is 28.6 Å². The molecule has 0 spiro atoms. The molecule has 0 amide bonds. The molecule has 0 fully saturated rings. The van der Waals surface area contributed by atoms with Gasteiger partial charge in [-0.05, 0) is 31.1 Å².